The Bertz CT molecular complexity index is 629. The number of nitrogens with one attached hydrogen (secondary N) is 2. The zero-order valence-electron chi connectivity index (χ0n) is 14.4. The molecule has 1 aliphatic rings. The van der Waals surface area contributed by atoms with Gasteiger partial charge in [0, 0.05) is 11.7 Å². The quantitative estimate of drug-likeness (QED) is 0.775. The van der Waals surface area contributed by atoms with Crippen molar-refractivity contribution in [3.8, 4) is 0 Å². The maximum absolute atomic E-state index is 12.2. The van der Waals surface area contributed by atoms with E-state index in [1.54, 1.807) is 20.8 Å². The van der Waals surface area contributed by atoms with Crippen LogP contribution in [0.4, 0.5) is 0 Å². The van der Waals surface area contributed by atoms with E-state index in [1.807, 2.05) is 0 Å². The molecule has 2 N–H and O–H groups in total. The highest BCUT2D eigenvalue weighted by molar-refractivity contribution is 5.99. The zero-order chi connectivity index (χ0) is 17.7. The van der Waals surface area contributed by atoms with Crippen LogP contribution in [0.5, 0.6) is 0 Å². The molecule has 1 fully saturated rings. The van der Waals surface area contributed by atoms with Crippen LogP contribution in [0.3, 0.4) is 0 Å². The van der Waals surface area contributed by atoms with Gasteiger partial charge in [0.05, 0.1) is 12.2 Å². The van der Waals surface area contributed by atoms with E-state index in [4.69, 9.17) is 9.47 Å². The summed E-state index contributed by atoms with van der Waals surface area (Å²) in [7, 11) is 0. The predicted molar refractivity (Wildman–Crippen MR) is 86.9 cm³/mol. The molecule has 1 aromatic rings. The molecule has 0 atom stereocenters. The second-order valence-electron chi connectivity index (χ2n) is 5.97. The summed E-state index contributed by atoms with van der Waals surface area (Å²) in [4.78, 5) is 38.8. The van der Waals surface area contributed by atoms with Gasteiger partial charge in [-0.15, -0.1) is 0 Å². The van der Waals surface area contributed by atoms with Gasteiger partial charge in [0.1, 0.15) is 5.69 Å². The third-order valence-corrected chi connectivity index (χ3v) is 4.18. The number of carbonyl (C=O) groups is 3. The van der Waals surface area contributed by atoms with Gasteiger partial charge in [-0.2, -0.15) is 0 Å². The minimum absolute atomic E-state index is 0.183. The monoisotopic (exact) mass is 336 g/mol. The van der Waals surface area contributed by atoms with Crippen LogP contribution in [-0.4, -0.2) is 42.1 Å². The lowest BCUT2D eigenvalue weighted by Crippen LogP contribution is -2.36. The Morgan fingerprint density at radius 2 is 1.79 bits per heavy atom. The summed E-state index contributed by atoms with van der Waals surface area (Å²) in [6.45, 7) is 4.95. The fraction of sp³-hybridized carbons (Fsp3) is 0.588. The Morgan fingerprint density at radius 1 is 1.12 bits per heavy atom. The Kier molecular flexibility index (Phi) is 6.00. The summed E-state index contributed by atoms with van der Waals surface area (Å²) >= 11 is 0. The van der Waals surface area contributed by atoms with Gasteiger partial charge in [-0.25, -0.2) is 9.59 Å². The molecule has 0 bridgehead atoms. The lowest BCUT2D eigenvalue weighted by atomic mass is 10.1. The standard InChI is InChI=1S/C17H24N2O5/c1-4-23-17(22)15-10(2)14(11(3)18-15)16(21)24-9-13(20)19-12-7-5-6-8-12/h12,18H,4-9H2,1-3H3,(H,19,20). The van der Waals surface area contributed by atoms with Crippen molar-refractivity contribution >= 4 is 17.8 Å². The molecule has 2 rings (SSSR count). The molecule has 1 heterocycles. The normalized spacial score (nSPS) is 14.5. The van der Waals surface area contributed by atoms with E-state index in [1.165, 1.54) is 0 Å². The predicted octanol–water partition coefficient (Wildman–Crippen LogP) is 2.02. The van der Waals surface area contributed by atoms with Gasteiger partial charge in [0.15, 0.2) is 6.61 Å². The van der Waals surface area contributed by atoms with Crippen LogP contribution >= 0.6 is 0 Å². The second kappa shape index (κ2) is 7.99. The lowest BCUT2D eigenvalue weighted by molar-refractivity contribution is -0.124. The summed E-state index contributed by atoms with van der Waals surface area (Å²) in [5.74, 6) is -1.44. The molecule has 1 aromatic heterocycles. The van der Waals surface area contributed by atoms with Gasteiger partial charge < -0.3 is 19.8 Å². The number of H-pyrrole nitrogens is 1. The summed E-state index contributed by atoms with van der Waals surface area (Å²) in [5.41, 5.74) is 1.48. The molecule has 0 radical (unpaired) electrons. The maximum atomic E-state index is 12.2. The van der Waals surface area contributed by atoms with Crippen LogP contribution in [0.15, 0.2) is 0 Å². The SMILES string of the molecule is CCOC(=O)c1[nH]c(C)c(C(=O)OCC(=O)NC2CCCC2)c1C. The van der Waals surface area contributed by atoms with Gasteiger partial charge in [-0.05, 0) is 39.2 Å². The molecule has 1 aliphatic carbocycles. The molecule has 1 amide bonds. The number of hydrogen-bond donors (Lipinski definition) is 2. The average molecular weight is 336 g/mol. The number of carbonyl (C=O) groups excluding carboxylic acids is 3. The largest absolute Gasteiger partial charge is 0.461 e. The van der Waals surface area contributed by atoms with Crippen molar-refractivity contribution in [1.82, 2.24) is 10.3 Å². The first-order valence-corrected chi connectivity index (χ1v) is 8.26. The second-order valence-corrected chi connectivity index (χ2v) is 5.97. The molecule has 0 aliphatic heterocycles. The van der Waals surface area contributed by atoms with Gasteiger partial charge in [0.25, 0.3) is 5.91 Å². The molecule has 7 heteroatoms. The van der Waals surface area contributed by atoms with Gasteiger partial charge >= 0.3 is 11.9 Å². The van der Waals surface area contributed by atoms with E-state index < -0.39 is 11.9 Å². The van der Waals surface area contributed by atoms with Gasteiger partial charge in [0.2, 0.25) is 0 Å². The maximum Gasteiger partial charge on any atom is 0.355 e. The van der Waals surface area contributed by atoms with Crippen LogP contribution < -0.4 is 5.32 Å². The van der Waals surface area contributed by atoms with Crippen molar-refractivity contribution in [3.63, 3.8) is 0 Å². The molecule has 0 unspecified atom stereocenters. The van der Waals surface area contributed by atoms with E-state index >= 15 is 0 Å². The fourth-order valence-electron chi connectivity index (χ4n) is 3.01. The van der Waals surface area contributed by atoms with Crippen LogP contribution in [0.2, 0.25) is 0 Å². The zero-order valence-corrected chi connectivity index (χ0v) is 14.4. The molecule has 0 aromatic carbocycles. The van der Waals surface area contributed by atoms with E-state index in [0.29, 0.717) is 11.3 Å². The highest BCUT2D eigenvalue weighted by Crippen LogP contribution is 2.20. The minimum atomic E-state index is -0.627. The number of hydrogen-bond acceptors (Lipinski definition) is 5. The molecule has 7 nitrogen and oxygen atoms in total. The van der Waals surface area contributed by atoms with Crippen molar-refractivity contribution in [2.45, 2.75) is 52.5 Å². The van der Waals surface area contributed by atoms with Crippen molar-refractivity contribution in [2.75, 3.05) is 13.2 Å². The van der Waals surface area contributed by atoms with E-state index in [2.05, 4.69) is 10.3 Å². The van der Waals surface area contributed by atoms with Crippen LogP contribution in [0.25, 0.3) is 0 Å². The first kappa shape index (κ1) is 18.0. The number of aryl methyl sites for hydroxylation is 1. The number of esters is 2. The topological polar surface area (TPSA) is 97.5 Å². The molecule has 0 spiro atoms. The number of amides is 1. The van der Waals surface area contributed by atoms with E-state index in [9.17, 15) is 14.4 Å². The van der Waals surface area contributed by atoms with Crippen LogP contribution in [0, 0.1) is 13.8 Å². The Labute approximate surface area is 141 Å². The van der Waals surface area contributed by atoms with Gasteiger partial charge in [-0.3, -0.25) is 4.79 Å². The Morgan fingerprint density at radius 3 is 2.42 bits per heavy atom. The van der Waals surface area contributed by atoms with Gasteiger partial charge in [-0.1, -0.05) is 12.8 Å². The van der Waals surface area contributed by atoms with Crippen molar-refractivity contribution in [1.29, 1.82) is 0 Å². The first-order chi connectivity index (χ1) is 11.4. The van der Waals surface area contributed by atoms with Crippen molar-refractivity contribution in [3.05, 3.63) is 22.5 Å². The molecular weight excluding hydrogens is 312 g/mol. The number of aromatic amines is 1. The van der Waals surface area contributed by atoms with Crippen LogP contribution in [0.1, 0.15) is 64.7 Å². The summed E-state index contributed by atoms with van der Waals surface area (Å²) < 4.78 is 10.0. The summed E-state index contributed by atoms with van der Waals surface area (Å²) in [5, 5.41) is 2.86. The number of aromatic nitrogens is 1. The number of ether oxygens (including phenoxy) is 2. The van der Waals surface area contributed by atoms with E-state index in [0.717, 1.165) is 25.7 Å². The first-order valence-electron chi connectivity index (χ1n) is 8.26. The molecule has 24 heavy (non-hydrogen) atoms. The minimum Gasteiger partial charge on any atom is -0.461 e. The number of rotatable bonds is 6. The third-order valence-electron chi connectivity index (χ3n) is 4.18. The Balaban J connectivity index is 1.96. The highest BCUT2D eigenvalue weighted by Gasteiger charge is 2.24. The summed E-state index contributed by atoms with van der Waals surface area (Å²) in [6, 6.07) is 0.183. The van der Waals surface area contributed by atoms with Crippen molar-refractivity contribution in [2.24, 2.45) is 0 Å². The molecule has 132 valence electrons. The van der Waals surface area contributed by atoms with E-state index in [-0.39, 0.29) is 36.4 Å². The molecule has 0 saturated heterocycles. The molecular formula is C17H24N2O5. The van der Waals surface area contributed by atoms with Crippen molar-refractivity contribution < 1.29 is 23.9 Å². The summed E-state index contributed by atoms with van der Waals surface area (Å²) in [6.07, 6.45) is 4.17. The fourth-order valence-corrected chi connectivity index (χ4v) is 3.01. The lowest BCUT2D eigenvalue weighted by Gasteiger charge is -2.12. The third kappa shape index (κ3) is 4.15. The van der Waals surface area contributed by atoms with Crippen LogP contribution in [-0.2, 0) is 14.3 Å². The highest BCUT2D eigenvalue weighted by atomic mass is 16.5. The average Bonchev–Trinajstić information content (AvgIpc) is 3.13. The smallest absolute Gasteiger partial charge is 0.355 e. The molecule has 1 saturated carbocycles. The Hall–Kier alpha value is -2.31.